The molecule has 42 valence electrons. The van der Waals surface area contributed by atoms with Crippen LogP contribution in [0.3, 0.4) is 0 Å². The van der Waals surface area contributed by atoms with Crippen LogP contribution in [0.25, 0.3) is 0 Å². The average molecular weight is 149 g/mol. The molecule has 0 aromatic rings. The van der Waals surface area contributed by atoms with Crippen LogP contribution in [0.2, 0.25) is 0 Å². The van der Waals surface area contributed by atoms with E-state index in [1.165, 1.54) is 0 Å². The van der Waals surface area contributed by atoms with Crippen LogP contribution in [-0.2, 0) is 0 Å². The lowest BCUT2D eigenvalue weighted by Crippen LogP contribution is -1.78. The molecule has 0 saturated carbocycles. The zero-order chi connectivity index (χ0) is 3.58. The van der Waals surface area contributed by atoms with Gasteiger partial charge >= 0.3 is 0 Å². The van der Waals surface area contributed by atoms with Crippen LogP contribution in [0.5, 0.6) is 0 Å². The van der Waals surface area contributed by atoms with E-state index in [9.17, 15) is 0 Å². The van der Waals surface area contributed by atoms with Crippen LogP contribution in [0, 0.1) is 0 Å². The van der Waals surface area contributed by atoms with Gasteiger partial charge in [0.05, 0.1) is 0 Å². The van der Waals surface area contributed by atoms with Gasteiger partial charge in [-0.25, -0.2) is 0 Å². The maximum atomic E-state index is 7.45. The molecule has 0 aliphatic rings. The first-order valence-corrected chi connectivity index (χ1v) is 1.97. The minimum Gasteiger partial charge on any atom is -0.338 e. The normalized spacial score (nSPS) is 6.00. The second-order valence-electron chi connectivity index (χ2n) is 0.320. The van der Waals surface area contributed by atoms with E-state index >= 15 is 0 Å². The van der Waals surface area contributed by atoms with E-state index in [0.29, 0.717) is 0 Å². The van der Waals surface area contributed by atoms with Gasteiger partial charge in [0, 0.05) is 0 Å². The molecule has 0 radical (unpaired) electrons. The molecule has 0 saturated heterocycles. The third-order valence-electron chi connectivity index (χ3n) is 0. The quantitative estimate of drug-likeness (QED) is 0.402. The topological polar surface area (TPSA) is 66.5 Å². The Morgan fingerprint density at radius 2 is 1.17 bits per heavy atom. The average Bonchev–Trinajstić information content (AvgIpc) is 0.811. The summed E-state index contributed by atoms with van der Waals surface area (Å²) in [6.45, 7) is 0. The molecule has 0 heterocycles. The van der Waals surface area contributed by atoms with E-state index in [1.807, 2.05) is 0 Å². The largest absolute Gasteiger partial charge is 0.338 e. The van der Waals surface area contributed by atoms with Crippen molar-refractivity contribution in [2.24, 2.45) is 5.50 Å². The molecule has 0 rings (SSSR count). The first-order chi connectivity index (χ1) is 1.73. The minimum absolute atomic E-state index is 0. The molecule has 0 aromatic carbocycles. The van der Waals surface area contributed by atoms with Crippen molar-refractivity contribution in [3.8, 4) is 0 Å². The van der Waals surface area contributed by atoms with Crippen LogP contribution in [0.15, 0.2) is 0 Å². The number of hydrogen-bond acceptors (Lipinski definition) is 3. The molecule has 3 nitrogen and oxygen atoms in total. The van der Waals surface area contributed by atoms with Gasteiger partial charge in [0.25, 0.3) is 0 Å². The Hall–Kier alpha value is 1.01. The van der Waals surface area contributed by atoms with Gasteiger partial charge < -0.3 is 9.79 Å². The fourth-order valence-corrected chi connectivity index (χ4v) is 0. The highest BCUT2D eigenvalue weighted by molar-refractivity contribution is 7.59. The maximum Gasteiger partial charge on any atom is 0.247 e. The lowest BCUT2D eigenvalue weighted by Gasteiger charge is -1.79. The number of nitrogens with two attached hydrogens (primary N) is 1. The van der Waals surface area contributed by atoms with E-state index < -0.39 is 8.53 Å². The molecular weight excluding hydrogens is 141 g/mol. The summed E-state index contributed by atoms with van der Waals surface area (Å²) >= 11 is 0. The van der Waals surface area contributed by atoms with E-state index in [-0.39, 0.29) is 27.0 Å². The van der Waals surface area contributed by atoms with E-state index in [1.54, 1.807) is 0 Å². The highest BCUT2D eigenvalue weighted by Crippen LogP contribution is 2.05. The van der Waals surface area contributed by atoms with Crippen molar-refractivity contribution < 1.29 is 9.79 Å². The Kier molecular flexibility index (Phi) is 24.6. The molecule has 0 aliphatic heterocycles. The van der Waals surface area contributed by atoms with Crippen molar-refractivity contribution in [3.63, 3.8) is 0 Å². The summed E-state index contributed by atoms with van der Waals surface area (Å²) in [5, 5.41) is 0. The monoisotopic (exact) mass is 149 g/mol. The molecule has 0 bridgehead atoms. The highest BCUT2D eigenvalue weighted by atomic mass is 32.1. The smallest absolute Gasteiger partial charge is 0.247 e. The fourth-order valence-electron chi connectivity index (χ4n) is 0. The molecule has 0 aliphatic carbocycles. The van der Waals surface area contributed by atoms with Crippen LogP contribution in [0.4, 0.5) is 0 Å². The molecule has 0 unspecified atom stereocenters. The lowest BCUT2D eigenvalue weighted by atomic mass is 13.9. The summed E-state index contributed by atoms with van der Waals surface area (Å²) in [7, 11) is -2.12. The van der Waals surface area contributed by atoms with Crippen molar-refractivity contribution in [2.45, 2.75) is 0 Å². The summed E-state index contributed by atoms with van der Waals surface area (Å²) in [6.07, 6.45) is 0. The van der Waals surface area contributed by atoms with E-state index in [4.69, 9.17) is 9.79 Å². The maximum absolute atomic E-state index is 7.45. The molecule has 4 N–H and O–H groups in total. The molecule has 0 atom stereocenters. The Morgan fingerprint density at radius 3 is 1.17 bits per heavy atom. The summed E-state index contributed by atoms with van der Waals surface area (Å²) in [5.41, 5.74) is 4.29. The summed E-state index contributed by atoms with van der Waals surface area (Å²) in [6, 6.07) is 0. The van der Waals surface area contributed by atoms with Crippen LogP contribution < -0.4 is 5.50 Å². The van der Waals surface area contributed by atoms with Crippen LogP contribution >= 0.6 is 35.5 Å². The van der Waals surface area contributed by atoms with Gasteiger partial charge in [-0.3, -0.25) is 5.50 Å². The zero-order valence-corrected chi connectivity index (χ0v) is 5.81. The van der Waals surface area contributed by atoms with Crippen LogP contribution in [-0.4, -0.2) is 9.79 Å². The predicted octanol–water partition coefficient (Wildman–Crippen LogP) is -0.618. The van der Waals surface area contributed by atoms with E-state index in [2.05, 4.69) is 5.50 Å². The fraction of sp³-hybridized carbons (Fsp3) is 0. The summed E-state index contributed by atoms with van der Waals surface area (Å²) in [5.74, 6) is 0. The Balaban J connectivity index is -0.0000000450. The minimum atomic E-state index is -2.12. The Bertz CT molecular complexity index is 16.3. The molecular formula is H8NO2PS2. The molecule has 6 heavy (non-hydrogen) atoms. The van der Waals surface area contributed by atoms with Gasteiger partial charge in [-0.2, -0.15) is 27.0 Å². The third-order valence-corrected chi connectivity index (χ3v) is 0. The summed E-state index contributed by atoms with van der Waals surface area (Å²) < 4.78 is 0. The van der Waals surface area contributed by atoms with E-state index in [0.717, 1.165) is 0 Å². The standard InChI is InChI=1S/H4NO2P.2H2S/c1-4(2)3;;/h2-3H,1H2;2*1H2. The summed E-state index contributed by atoms with van der Waals surface area (Å²) in [4.78, 5) is 14.9. The van der Waals surface area contributed by atoms with Crippen molar-refractivity contribution in [1.29, 1.82) is 0 Å². The third kappa shape index (κ3) is 79.0. The second-order valence-corrected chi connectivity index (χ2v) is 0.961. The van der Waals surface area contributed by atoms with Crippen molar-refractivity contribution in [1.82, 2.24) is 0 Å². The molecule has 0 aromatic heterocycles. The zero-order valence-electron chi connectivity index (χ0n) is 2.92. The lowest BCUT2D eigenvalue weighted by molar-refractivity contribution is 0.485. The van der Waals surface area contributed by atoms with Crippen LogP contribution in [0.1, 0.15) is 0 Å². The van der Waals surface area contributed by atoms with Gasteiger partial charge in [-0.1, -0.05) is 0 Å². The predicted molar refractivity (Wildman–Crippen MR) is 36.3 cm³/mol. The second kappa shape index (κ2) is 9.38. The molecule has 0 spiro atoms. The van der Waals surface area contributed by atoms with Crippen molar-refractivity contribution in [2.75, 3.05) is 0 Å². The number of rotatable bonds is 0. The molecule has 0 fully saturated rings. The van der Waals surface area contributed by atoms with Crippen molar-refractivity contribution in [3.05, 3.63) is 0 Å². The van der Waals surface area contributed by atoms with Gasteiger partial charge in [0.2, 0.25) is 8.53 Å². The van der Waals surface area contributed by atoms with Gasteiger partial charge in [-0.15, -0.1) is 0 Å². The molecule has 6 heteroatoms. The Labute approximate surface area is 51.4 Å². The van der Waals surface area contributed by atoms with Crippen molar-refractivity contribution >= 4 is 35.5 Å². The van der Waals surface area contributed by atoms with Gasteiger partial charge in [0.15, 0.2) is 0 Å². The molecule has 0 amide bonds. The van der Waals surface area contributed by atoms with Gasteiger partial charge in [-0.05, 0) is 0 Å². The SMILES string of the molecule is NP(O)O.S.S. The Morgan fingerprint density at radius 1 is 1.17 bits per heavy atom. The first kappa shape index (κ1) is 15.7. The first-order valence-electron chi connectivity index (χ1n) is 0.658. The van der Waals surface area contributed by atoms with Gasteiger partial charge in [0.1, 0.15) is 0 Å². The highest BCUT2D eigenvalue weighted by Gasteiger charge is 1.72. The number of hydrogen-bond donors (Lipinski definition) is 3.